The van der Waals surface area contributed by atoms with Crippen molar-refractivity contribution in [1.29, 1.82) is 0 Å². The average molecular weight is 370 g/mol. The van der Waals surface area contributed by atoms with E-state index in [0.717, 1.165) is 50.3 Å². The zero-order valence-electron chi connectivity index (χ0n) is 15.6. The Kier molecular flexibility index (Phi) is 4.89. The lowest BCUT2D eigenvalue weighted by Gasteiger charge is -2.23. The predicted molar refractivity (Wildman–Crippen MR) is 101 cm³/mol. The van der Waals surface area contributed by atoms with Crippen molar-refractivity contribution in [3.05, 3.63) is 42.2 Å². The molecular weight excluding hydrogens is 347 g/mol. The third-order valence-electron chi connectivity index (χ3n) is 4.96. The third kappa shape index (κ3) is 3.57. The van der Waals surface area contributed by atoms with Crippen LogP contribution in [0.1, 0.15) is 12.0 Å². The highest BCUT2D eigenvalue weighted by Crippen LogP contribution is 2.30. The SMILES string of the molecule is COc1ccc2c(N3CCCN(Cc4cnn(C)c4)CC3)ncnc2c1F. The Balaban J connectivity index is 1.54. The fraction of sp³-hybridized carbons (Fsp3) is 0.421. The lowest BCUT2D eigenvalue weighted by Crippen LogP contribution is -2.31. The third-order valence-corrected chi connectivity index (χ3v) is 4.96. The molecule has 142 valence electrons. The van der Waals surface area contributed by atoms with Gasteiger partial charge in [0.2, 0.25) is 0 Å². The maximum Gasteiger partial charge on any atom is 0.191 e. The molecule has 8 heteroatoms. The van der Waals surface area contributed by atoms with Crippen LogP contribution in [-0.2, 0) is 13.6 Å². The number of ether oxygens (including phenoxy) is 1. The van der Waals surface area contributed by atoms with Crippen LogP contribution >= 0.6 is 0 Å². The van der Waals surface area contributed by atoms with Gasteiger partial charge in [0.05, 0.1) is 13.3 Å². The van der Waals surface area contributed by atoms with Gasteiger partial charge in [0.15, 0.2) is 11.6 Å². The summed E-state index contributed by atoms with van der Waals surface area (Å²) in [7, 11) is 3.39. The molecule has 0 radical (unpaired) electrons. The van der Waals surface area contributed by atoms with Crippen molar-refractivity contribution in [3.8, 4) is 5.75 Å². The first-order valence-electron chi connectivity index (χ1n) is 9.07. The topological polar surface area (TPSA) is 59.3 Å². The number of aromatic nitrogens is 4. The van der Waals surface area contributed by atoms with E-state index in [1.807, 2.05) is 24.0 Å². The van der Waals surface area contributed by atoms with Gasteiger partial charge in [-0.2, -0.15) is 5.10 Å². The number of hydrogen-bond donors (Lipinski definition) is 0. The summed E-state index contributed by atoms with van der Waals surface area (Å²) in [6, 6.07) is 3.47. The van der Waals surface area contributed by atoms with E-state index in [4.69, 9.17) is 4.74 Å². The van der Waals surface area contributed by atoms with Gasteiger partial charge in [-0.3, -0.25) is 9.58 Å². The van der Waals surface area contributed by atoms with Gasteiger partial charge < -0.3 is 9.64 Å². The van der Waals surface area contributed by atoms with Crippen LogP contribution in [0, 0.1) is 5.82 Å². The van der Waals surface area contributed by atoms with Gasteiger partial charge in [0, 0.05) is 56.9 Å². The first-order valence-corrected chi connectivity index (χ1v) is 9.07. The average Bonchev–Trinajstić information content (AvgIpc) is 2.95. The molecule has 27 heavy (non-hydrogen) atoms. The van der Waals surface area contributed by atoms with E-state index in [1.165, 1.54) is 19.0 Å². The monoisotopic (exact) mass is 370 g/mol. The molecule has 0 unspecified atom stereocenters. The minimum Gasteiger partial charge on any atom is -0.494 e. The van der Waals surface area contributed by atoms with Crippen LogP contribution in [0.5, 0.6) is 5.75 Å². The van der Waals surface area contributed by atoms with Gasteiger partial charge in [-0.05, 0) is 18.6 Å². The van der Waals surface area contributed by atoms with E-state index in [9.17, 15) is 4.39 Å². The molecule has 0 spiro atoms. The van der Waals surface area contributed by atoms with Crippen molar-refractivity contribution in [2.24, 2.45) is 7.05 Å². The van der Waals surface area contributed by atoms with Gasteiger partial charge in [0.25, 0.3) is 0 Å². The number of methoxy groups -OCH3 is 1. The molecule has 7 nitrogen and oxygen atoms in total. The van der Waals surface area contributed by atoms with Gasteiger partial charge >= 0.3 is 0 Å². The van der Waals surface area contributed by atoms with E-state index >= 15 is 0 Å². The molecule has 1 aromatic carbocycles. The second kappa shape index (κ2) is 7.48. The number of hydrogen-bond acceptors (Lipinski definition) is 6. The lowest BCUT2D eigenvalue weighted by molar-refractivity contribution is 0.285. The fourth-order valence-electron chi connectivity index (χ4n) is 3.63. The number of halogens is 1. The summed E-state index contributed by atoms with van der Waals surface area (Å²) >= 11 is 0. The molecule has 4 rings (SSSR count). The van der Waals surface area contributed by atoms with Crippen molar-refractivity contribution in [3.63, 3.8) is 0 Å². The normalized spacial score (nSPS) is 15.9. The van der Waals surface area contributed by atoms with E-state index in [0.29, 0.717) is 5.52 Å². The fourth-order valence-corrected chi connectivity index (χ4v) is 3.63. The van der Waals surface area contributed by atoms with Crippen molar-refractivity contribution in [1.82, 2.24) is 24.6 Å². The highest BCUT2D eigenvalue weighted by atomic mass is 19.1. The Morgan fingerprint density at radius 1 is 1.15 bits per heavy atom. The van der Waals surface area contributed by atoms with Crippen molar-refractivity contribution in [2.45, 2.75) is 13.0 Å². The molecule has 1 aliphatic heterocycles. The summed E-state index contributed by atoms with van der Waals surface area (Å²) in [6.45, 7) is 4.52. The molecule has 0 N–H and O–H groups in total. The summed E-state index contributed by atoms with van der Waals surface area (Å²) in [6.07, 6.45) is 6.41. The Labute approximate surface area is 157 Å². The summed E-state index contributed by atoms with van der Waals surface area (Å²) in [5.41, 5.74) is 1.52. The van der Waals surface area contributed by atoms with Crippen molar-refractivity contribution >= 4 is 16.7 Å². The minimum absolute atomic E-state index is 0.200. The van der Waals surface area contributed by atoms with Gasteiger partial charge in [-0.25, -0.2) is 14.4 Å². The highest BCUT2D eigenvalue weighted by molar-refractivity contribution is 5.90. The maximum absolute atomic E-state index is 14.6. The van der Waals surface area contributed by atoms with E-state index in [-0.39, 0.29) is 5.75 Å². The zero-order valence-corrected chi connectivity index (χ0v) is 15.6. The molecule has 1 aliphatic rings. The Morgan fingerprint density at radius 3 is 2.81 bits per heavy atom. The predicted octanol–water partition coefficient (Wildman–Crippen LogP) is 2.22. The molecule has 3 heterocycles. The first-order chi connectivity index (χ1) is 13.2. The molecule has 0 atom stereocenters. The van der Waals surface area contributed by atoms with Crippen LogP contribution in [0.15, 0.2) is 30.9 Å². The number of nitrogens with zero attached hydrogens (tertiary/aromatic N) is 6. The number of rotatable bonds is 4. The molecule has 1 saturated heterocycles. The number of fused-ring (bicyclic) bond motifs is 1. The van der Waals surface area contributed by atoms with Gasteiger partial charge in [-0.15, -0.1) is 0 Å². The Bertz CT molecular complexity index is 943. The van der Waals surface area contributed by atoms with E-state index in [1.54, 1.807) is 6.07 Å². The quantitative estimate of drug-likeness (QED) is 0.702. The number of benzene rings is 1. The molecule has 0 bridgehead atoms. The van der Waals surface area contributed by atoms with Gasteiger partial charge in [-0.1, -0.05) is 0 Å². The van der Waals surface area contributed by atoms with Crippen LogP contribution in [0.25, 0.3) is 10.9 Å². The molecule has 0 amide bonds. The smallest absolute Gasteiger partial charge is 0.191 e. The van der Waals surface area contributed by atoms with E-state index in [2.05, 4.69) is 31.1 Å². The molecule has 0 aliphatic carbocycles. The minimum atomic E-state index is -0.438. The largest absolute Gasteiger partial charge is 0.494 e. The Morgan fingerprint density at radius 2 is 2.04 bits per heavy atom. The second-order valence-corrected chi connectivity index (χ2v) is 6.81. The van der Waals surface area contributed by atoms with Crippen molar-refractivity contribution in [2.75, 3.05) is 38.2 Å². The highest BCUT2D eigenvalue weighted by Gasteiger charge is 2.20. The number of anilines is 1. The van der Waals surface area contributed by atoms with Crippen LogP contribution in [-0.4, -0.2) is 57.9 Å². The summed E-state index contributed by atoms with van der Waals surface area (Å²) in [5.74, 6) is 0.544. The number of aryl methyl sites for hydroxylation is 1. The Hall–Kier alpha value is -2.74. The van der Waals surface area contributed by atoms with Crippen LogP contribution < -0.4 is 9.64 Å². The van der Waals surface area contributed by atoms with Crippen molar-refractivity contribution < 1.29 is 9.13 Å². The zero-order chi connectivity index (χ0) is 18.8. The molecule has 0 saturated carbocycles. The van der Waals surface area contributed by atoms with Crippen LogP contribution in [0.3, 0.4) is 0 Å². The summed E-state index contributed by atoms with van der Waals surface area (Å²) in [5, 5.41) is 4.96. The summed E-state index contributed by atoms with van der Waals surface area (Å²) in [4.78, 5) is 13.2. The first kappa shape index (κ1) is 17.7. The molecular formula is C19H23FN6O. The molecule has 1 fully saturated rings. The molecule has 3 aromatic rings. The van der Waals surface area contributed by atoms with Gasteiger partial charge in [0.1, 0.15) is 17.7 Å². The summed E-state index contributed by atoms with van der Waals surface area (Å²) < 4.78 is 21.5. The maximum atomic E-state index is 14.6. The molecule has 2 aromatic heterocycles. The lowest BCUT2D eigenvalue weighted by atomic mass is 10.2. The van der Waals surface area contributed by atoms with E-state index < -0.39 is 5.82 Å². The second-order valence-electron chi connectivity index (χ2n) is 6.81. The standard InChI is InChI=1S/C19H23FN6O/c1-24-11-14(10-23-24)12-25-6-3-7-26(9-8-25)19-15-4-5-16(27-2)17(20)18(15)21-13-22-19/h4-5,10-11,13H,3,6-9,12H2,1-2H3. The van der Waals surface area contributed by atoms with Crippen LogP contribution in [0.2, 0.25) is 0 Å². The van der Waals surface area contributed by atoms with Crippen LogP contribution in [0.4, 0.5) is 10.2 Å².